The zero-order valence-electron chi connectivity index (χ0n) is 14.8. The fraction of sp³-hybridized carbons (Fsp3) is 0.0500. The Labute approximate surface area is 173 Å². The minimum Gasteiger partial charge on any atom is -0.322 e. The van der Waals surface area contributed by atoms with Gasteiger partial charge < -0.3 is 5.32 Å². The third kappa shape index (κ3) is 4.47. The summed E-state index contributed by atoms with van der Waals surface area (Å²) in [6, 6.07) is 19.1. The van der Waals surface area contributed by atoms with Crippen LogP contribution in [0.3, 0.4) is 0 Å². The number of sulfonamides is 1. The first-order valence-electron chi connectivity index (χ1n) is 8.19. The molecule has 8 heteroatoms. The number of halogens is 2. The lowest BCUT2D eigenvalue weighted by Crippen LogP contribution is -2.26. The molecule has 0 fully saturated rings. The van der Waals surface area contributed by atoms with Crippen molar-refractivity contribution in [2.45, 2.75) is 4.90 Å². The minimum atomic E-state index is -3.68. The molecule has 0 bridgehead atoms. The topological polar surface area (TPSA) is 66.5 Å². The van der Waals surface area contributed by atoms with E-state index in [1.807, 2.05) is 0 Å². The Bertz CT molecular complexity index is 1080. The summed E-state index contributed by atoms with van der Waals surface area (Å²) in [5, 5.41) is 3.52. The van der Waals surface area contributed by atoms with Crippen LogP contribution in [0, 0.1) is 0 Å². The van der Waals surface area contributed by atoms with Crippen molar-refractivity contribution in [1.82, 2.24) is 0 Å². The van der Waals surface area contributed by atoms with Gasteiger partial charge in [-0.25, -0.2) is 8.42 Å². The van der Waals surface area contributed by atoms with Crippen LogP contribution in [0.5, 0.6) is 0 Å². The van der Waals surface area contributed by atoms with Gasteiger partial charge in [0.05, 0.1) is 10.6 Å². The molecule has 3 rings (SSSR count). The van der Waals surface area contributed by atoms with Gasteiger partial charge in [0.1, 0.15) is 0 Å². The average Bonchev–Trinajstić information content (AvgIpc) is 2.67. The summed E-state index contributed by atoms with van der Waals surface area (Å²) in [5.41, 5.74) is 1.27. The molecule has 0 saturated carbocycles. The van der Waals surface area contributed by atoms with Gasteiger partial charge in [-0.15, -0.1) is 0 Å². The largest absolute Gasteiger partial charge is 0.322 e. The van der Waals surface area contributed by atoms with Gasteiger partial charge in [-0.05, 0) is 54.6 Å². The number of nitrogens with one attached hydrogen (secondary N) is 1. The Balaban J connectivity index is 1.78. The molecule has 1 amide bonds. The Morgan fingerprint density at radius 3 is 2.04 bits per heavy atom. The van der Waals surface area contributed by atoms with E-state index in [0.29, 0.717) is 27.0 Å². The van der Waals surface area contributed by atoms with Crippen LogP contribution in [-0.2, 0) is 10.0 Å². The van der Waals surface area contributed by atoms with E-state index in [-0.39, 0.29) is 10.8 Å². The molecule has 0 aliphatic carbocycles. The van der Waals surface area contributed by atoms with Gasteiger partial charge in [-0.3, -0.25) is 9.10 Å². The molecule has 0 radical (unpaired) electrons. The Kier molecular flexibility index (Phi) is 5.93. The van der Waals surface area contributed by atoms with Crippen LogP contribution in [0.4, 0.5) is 11.4 Å². The van der Waals surface area contributed by atoms with Crippen molar-refractivity contribution in [2.75, 3.05) is 16.7 Å². The molecule has 3 aromatic rings. The lowest BCUT2D eigenvalue weighted by molar-refractivity contribution is 0.102. The van der Waals surface area contributed by atoms with E-state index in [1.165, 1.54) is 23.5 Å². The first-order chi connectivity index (χ1) is 13.3. The van der Waals surface area contributed by atoms with E-state index in [0.717, 1.165) is 0 Å². The smallest absolute Gasteiger partial charge is 0.264 e. The molecule has 28 heavy (non-hydrogen) atoms. The zero-order chi connectivity index (χ0) is 20.3. The summed E-state index contributed by atoms with van der Waals surface area (Å²) in [7, 11) is -2.22. The molecule has 144 valence electrons. The van der Waals surface area contributed by atoms with Crippen LogP contribution < -0.4 is 9.62 Å². The fourth-order valence-corrected chi connectivity index (χ4v) is 4.28. The number of hydrogen-bond acceptors (Lipinski definition) is 3. The Morgan fingerprint density at radius 1 is 0.893 bits per heavy atom. The molecule has 3 aromatic carbocycles. The van der Waals surface area contributed by atoms with Gasteiger partial charge in [0.15, 0.2) is 0 Å². The lowest BCUT2D eigenvalue weighted by atomic mass is 10.2. The van der Waals surface area contributed by atoms with Gasteiger partial charge >= 0.3 is 0 Å². The van der Waals surface area contributed by atoms with Gasteiger partial charge in [-0.1, -0.05) is 41.4 Å². The molecule has 0 unspecified atom stereocenters. The normalized spacial score (nSPS) is 11.1. The number of amides is 1. The van der Waals surface area contributed by atoms with E-state index in [9.17, 15) is 13.2 Å². The predicted molar refractivity (Wildman–Crippen MR) is 113 cm³/mol. The van der Waals surface area contributed by atoms with E-state index in [4.69, 9.17) is 23.2 Å². The maximum absolute atomic E-state index is 12.7. The van der Waals surface area contributed by atoms with Crippen molar-refractivity contribution >= 4 is 50.5 Å². The highest BCUT2D eigenvalue weighted by Crippen LogP contribution is 2.24. The second-order valence-corrected chi connectivity index (χ2v) is 8.79. The average molecular weight is 435 g/mol. The third-order valence-corrected chi connectivity index (χ3v) is 6.25. The molecule has 5 nitrogen and oxygen atoms in total. The highest BCUT2D eigenvalue weighted by atomic mass is 35.5. The quantitative estimate of drug-likeness (QED) is 0.609. The van der Waals surface area contributed by atoms with Gasteiger partial charge in [0, 0.05) is 28.3 Å². The molecule has 0 aliphatic rings. The van der Waals surface area contributed by atoms with Crippen LogP contribution in [0.2, 0.25) is 10.0 Å². The molecular weight excluding hydrogens is 419 g/mol. The number of nitrogens with zero attached hydrogens (tertiary/aromatic N) is 1. The highest BCUT2D eigenvalue weighted by Gasteiger charge is 2.21. The number of benzene rings is 3. The number of anilines is 2. The minimum absolute atomic E-state index is 0.192. The van der Waals surface area contributed by atoms with E-state index in [2.05, 4.69) is 5.32 Å². The second kappa shape index (κ2) is 8.22. The van der Waals surface area contributed by atoms with E-state index < -0.39 is 10.0 Å². The van der Waals surface area contributed by atoms with E-state index in [1.54, 1.807) is 60.7 Å². The van der Waals surface area contributed by atoms with Crippen LogP contribution in [-0.4, -0.2) is 21.4 Å². The van der Waals surface area contributed by atoms with Gasteiger partial charge in [0.25, 0.3) is 15.9 Å². The van der Waals surface area contributed by atoms with Crippen LogP contribution in [0.25, 0.3) is 0 Å². The van der Waals surface area contributed by atoms with Crippen molar-refractivity contribution in [2.24, 2.45) is 0 Å². The Hall–Kier alpha value is -2.54. The first kappa shape index (κ1) is 20.2. The first-order valence-corrected chi connectivity index (χ1v) is 10.4. The second-order valence-electron chi connectivity index (χ2n) is 5.94. The molecule has 1 N–H and O–H groups in total. The van der Waals surface area contributed by atoms with Crippen LogP contribution in [0.1, 0.15) is 10.4 Å². The Morgan fingerprint density at radius 2 is 1.46 bits per heavy atom. The lowest BCUT2D eigenvalue weighted by Gasteiger charge is -2.19. The maximum atomic E-state index is 12.7. The molecule has 0 aromatic heterocycles. The summed E-state index contributed by atoms with van der Waals surface area (Å²) in [6.45, 7) is 0. The van der Waals surface area contributed by atoms with Crippen molar-refractivity contribution in [1.29, 1.82) is 0 Å². The zero-order valence-corrected chi connectivity index (χ0v) is 17.1. The number of rotatable bonds is 5. The fourth-order valence-electron chi connectivity index (χ4n) is 2.54. The number of carbonyl (C=O) groups is 1. The van der Waals surface area contributed by atoms with Crippen molar-refractivity contribution in [3.05, 3.63) is 88.4 Å². The summed E-state index contributed by atoms with van der Waals surface area (Å²) in [5.74, 6) is -0.363. The van der Waals surface area contributed by atoms with Crippen LogP contribution >= 0.6 is 23.2 Å². The number of hydrogen-bond donors (Lipinski definition) is 1. The highest BCUT2D eigenvalue weighted by molar-refractivity contribution is 7.92. The van der Waals surface area contributed by atoms with Gasteiger partial charge in [-0.2, -0.15) is 0 Å². The van der Waals surface area contributed by atoms with Crippen LogP contribution in [0.15, 0.2) is 77.7 Å². The monoisotopic (exact) mass is 434 g/mol. The summed E-state index contributed by atoms with van der Waals surface area (Å²) >= 11 is 11.9. The summed E-state index contributed by atoms with van der Waals surface area (Å²) < 4.78 is 26.5. The SMILES string of the molecule is CN(c1ccc(C(=O)Nc2cc(Cl)cc(Cl)c2)cc1)S(=O)(=O)c1ccccc1. The maximum Gasteiger partial charge on any atom is 0.264 e. The van der Waals surface area contributed by atoms with Crippen molar-refractivity contribution in [3.63, 3.8) is 0 Å². The molecule has 0 aliphatic heterocycles. The third-order valence-electron chi connectivity index (χ3n) is 4.02. The van der Waals surface area contributed by atoms with Crippen molar-refractivity contribution in [3.8, 4) is 0 Å². The van der Waals surface area contributed by atoms with Crippen molar-refractivity contribution < 1.29 is 13.2 Å². The molecular formula is C20H16Cl2N2O3S. The van der Waals surface area contributed by atoms with E-state index >= 15 is 0 Å². The molecule has 0 atom stereocenters. The standard InChI is InChI=1S/C20H16Cl2N2O3S/c1-24(28(26,27)19-5-3-2-4-6-19)18-9-7-14(8-10-18)20(25)23-17-12-15(21)11-16(22)13-17/h2-13H,1H3,(H,23,25). The predicted octanol–water partition coefficient (Wildman–Crippen LogP) is 5.07. The molecule has 0 saturated heterocycles. The van der Waals surface area contributed by atoms with Gasteiger partial charge in [0.2, 0.25) is 0 Å². The number of carbonyl (C=O) groups excluding carboxylic acids is 1. The summed E-state index contributed by atoms with van der Waals surface area (Å²) in [4.78, 5) is 12.6. The molecule has 0 heterocycles. The molecule has 0 spiro atoms. The summed E-state index contributed by atoms with van der Waals surface area (Å²) in [6.07, 6.45) is 0.